The summed E-state index contributed by atoms with van der Waals surface area (Å²) in [6, 6.07) is 13.5. The summed E-state index contributed by atoms with van der Waals surface area (Å²) >= 11 is 6.21. The van der Waals surface area contributed by atoms with E-state index in [0.29, 0.717) is 16.8 Å². The number of rotatable bonds is 5. The number of carbonyl (C=O) groups is 2. The first-order valence-corrected chi connectivity index (χ1v) is 11.4. The predicted octanol–water partition coefficient (Wildman–Crippen LogP) is 4.49. The van der Waals surface area contributed by atoms with Crippen molar-refractivity contribution in [2.75, 3.05) is 5.32 Å². The van der Waals surface area contributed by atoms with Crippen molar-refractivity contribution in [3.8, 4) is 5.69 Å². The second-order valence-corrected chi connectivity index (χ2v) is 9.57. The van der Waals surface area contributed by atoms with Crippen LogP contribution in [0.25, 0.3) is 16.5 Å². The van der Waals surface area contributed by atoms with Crippen LogP contribution in [0.4, 0.5) is 10.1 Å². The minimum absolute atomic E-state index is 0.0221. The average molecular weight is 508 g/mol. The van der Waals surface area contributed by atoms with E-state index in [9.17, 15) is 18.8 Å². The first-order valence-electron chi connectivity index (χ1n) is 11.1. The summed E-state index contributed by atoms with van der Waals surface area (Å²) in [4.78, 5) is 42.4. The van der Waals surface area contributed by atoms with Crippen LogP contribution in [0, 0.1) is 11.2 Å². The Labute approximate surface area is 211 Å². The van der Waals surface area contributed by atoms with Crippen LogP contribution >= 0.6 is 11.6 Å². The summed E-state index contributed by atoms with van der Waals surface area (Å²) in [7, 11) is 0. The Balaban J connectivity index is 1.59. The molecule has 0 aliphatic carbocycles. The number of pyridine rings is 1. The number of amides is 2. The third kappa shape index (κ3) is 5.41. The molecule has 36 heavy (non-hydrogen) atoms. The maximum Gasteiger partial charge on any atom is 0.279 e. The molecule has 0 aliphatic heterocycles. The van der Waals surface area contributed by atoms with Gasteiger partial charge in [0.2, 0.25) is 5.91 Å². The number of aromatic nitrogens is 3. The van der Waals surface area contributed by atoms with Gasteiger partial charge in [-0.2, -0.15) is 9.78 Å². The molecular weight excluding hydrogens is 485 g/mol. The lowest BCUT2D eigenvalue weighted by Crippen LogP contribution is -2.34. The maximum atomic E-state index is 13.6. The van der Waals surface area contributed by atoms with Gasteiger partial charge in [-0.1, -0.05) is 44.5 Å². The van der Waals surface area contributed by atoms with E-state index >= 15 is 0 Å². The van der Waals surface area contributed by atoms with E-state index in [0.717, 1.165) is 4.68 Å². The van der Waals surface area contributed by atoms with Crippen LogP contribution in [0.5, 0.6) is 0 Å². The number of benzene rings is 2. The number of nitrogens with zero attached hydrogens (tertiary/aromatic N) is 3. The summed E-state index contributed by atoms with van der Waals surface area (Å²) in [6.07, 6.45) is 1.49. The number of nitrogens with one attached hydrogen (secondary N) is 2. The van der Waals surface area contributed by atoms with Crippen molar-refractivity contribution in [3.05, 3.63) is 93.4 Å². The summed E-state index contributed by atoms with van der Waals surface area (Å²) in [5, 5.41) is 10.6. The molecule has 2 N–H and O–H groups in total. The van der Waals surface area contributed by atoms with Crippen molar-refractivity contribution >= 4 is 39.9 Å². The molecule has 4 rings (SSSR count). The molecule has 8 nitrogen and oxygen atoms in total. The molecule has 184 valence electrons. The molecule has 0 saturated heterocycles. The molecule has 2 aromatic carbocycles. The molecule has 0 spiro atoms. The SMILES string of the molecule is CC(C)(C)C(=O)NCc1ccc(Cl)c(C(=O)Nc2ccc3cnn(-c4cccc(F)c4)c(=O)c3c2)n1. The van der Waals surface area contributed by atoms with Gasteiger partial charge in [-0.3, -0.25) is 14.4 Å². The molecule has 0 radical (unpaired) electrons. The number of carbonyl (C=O) groups excluding carboxylic acids is 2. The first-order chi connectivity index (χ1) is 17.0. The molecule has 0 atom stereocenters. The van der Waals surface area contributed by atoms with Crippen LogP contribution in [0.15, 0.2) is 65.6 Å². The van der Waals surface area contributed by atoms with Gasteiger partial charge >= 0.3 is 0 Å². The Morgan fingerprint density at radius 2 is 1.86 bits per heavy atom. The molecule has 4 aromatic rings. The maximum absolute atomic E-state index is 13.6. The zero-order chi connectivity index (χ0) is 26.0. The molecule has 2 aromatic heterocycles. The largest absolute Gasteiger partial charge is 0.350 e. The molecule has 0 aliphatic rings. The van der Waals surface area contributed by atoms with E-state index in [4.69, 9.17) is 11.6 Å². The molecular formula is C26H23ClFN5O3. The van der Waals surface area contributed by atoms with Crippen LogP contribution < -0.4 is 16.2 Å². The minimum Gasteiger partial charge on any atom is -0.350 e. The summed E-state index contributed by atoms with van der Waals surface area (Å²) < 4.78 is 14.7. The van der Waals surface area contributed by atoms with E-state index in [2.05, 4.69) is 20.7 Å². The molecule has 0 unspecified atom stereocenters. The van der Waals surface area contributed by atoms with Crippen molar-refractivity contribution in [2.24, 2.45) is 5.41 Å². The van der Waals surface area contributed by atoms with Crippen LogP contribution in [0.3, 0.4) is 0 Å². The highest BCUT2D eigenvalue weighted by Crippen LogP contribution is 2.20. The molecule has 0 fully saturated rings. The zero-order valence-corrected chi connectivity index (χ0v) is 20.6. The van der Waals surface area contributed by atoms with E-state index in [1.54, 1.807) is 45.0 Å². The summed E-state index contributed by atoms with van der Waals surface area (Å²) in [6.45, 7) is 5.52. The fourth-order valence-corrected chi connectivity index (χ4v) is 3.57. The highest BCUT2D eigenvalue weighted by Gasteiger charge is 2.21. The minimum atomic E-state index is -0.581. The van der Waals surface area contributed by atoms with Crippen molar-refractivity contribution < 1.29 is 14.0 Å². The molecule has 10 heteroatoms. The Morgan fingerprint density at radius 1 is 1.08 bits per heavy atom. The highest BCUT2D eigenvalue weighted by atomic mass is 35.5. The standard InChI is InChI=1S/C26H23ClFN5O3/c1-26(2,3)25(36)29-14-18-9-10-21(27)22(31-18)23(34)32-17-8-7-15-13-30-33(24(35)20(15)12-17)19-6-4-5-16(28)11-19/h4-13H,14H2,1-3H3,(H,29,36)(H,32,34). The molecule has 2 heterocycles. The normalized spacial score (nSPS) is 11.4. The fourth-order valence-electron chi connectivity index (χ4n) is 3.38. The van der Waals surface area contributed by atoms with Gasteiger partial charge in [-0.15, -0.1) is 0 Å². The third-order valence-corrected chi connectivity index (χ3v) is 5.63. The number of hydrogen-bond acceptors (Lipinski definition) is 5. The lowest BCUT2D eigenvalue weighted by atomic mass is 9.96. The second kappa shape index (κ2) is 9.87. The zero-order valence-electron chi connectivity index (χ0n) is 19.8. The van der Waals surface area contributed by atoms with Crippen LogP contribution in [-0.4, -0.2) is 26.6 Å². The van der Waals surface area contributed by atoms with Gasteiger partial charge in [0.05, 0.1) is 34.5 Å². The van der Waals surface area contributed by atoms with Gasteiger partial charge in [0.15, 0.2) is 0 Å². The van der Waals surface area contributed by atoms with Crippen molar-refractivity contribution in [1.82, 2.24) is 20.1 Å². The Hall–Kier alpha value is -4.11. The van der Waals surface area contributed by atoms with E-state index in [-0.39, 0.29) is 34.2 Å². The average Bonchev–Trinajstić information content (AvgIpc) is 2.83. The molecule has 2 amide bonds. The Kier molecular flexibility index (Phi) is 6.85. The van der Waals surface area contributed by atoms with Crippen molar-refractivity contribution in [3.63, 3.8) is 0 Å². The van der Waals surface area contributed by atoms with Crippen LogP contribution in [-0.2, 0) is 11.3 Å². The smallest absolute Gasteiger partial charge is 0.279 e. The lowest BCUT2D eigenvalue weighted by molar-refractivity contribution is -0.128. The third-order valence-electron chi connectivity index (χ3n) is 5.33. The second-order valence-electron chi connectivity index (χ2n) is 9.16. The van der Waals surface area contributed by atoms with E-state index in [1.165, 1.54) is 36.5 Å². The Bertz CT molecular complexity index is 1550. The first kappa shape index (κ1) is 25.0. The molecule has 0 saturated carbocycles. The van der Waals surface area contributed by atoms with Crippen molar-refractivity contribution in [1.29, 1.82) is 0 Å². The van der Waals surface area contributed by atoms with Gasteiger partial charge < -0.3 is 10.6 Å². The van der Waals surface area contributed by atoms with Crippen LogP contribution in [0.1, 0.15) is 37.0 Å². The Morgan fingerprint density at radius 3 is 2.58 bits per heavy atom. The van der Waals surface area contributed by atoms with Gasteiger partial charge in [-0.05, 0) is 42.5 Å². The summed E-state index contributed by atoms with van der Waals surface area (Å²) in [5.74, 6) is -1.23. The van der Waals surface area contributed by atoms with Gasteiger partial charge in [-0.25, -0.2) is 9.37 Å². The monoisotopic (exact) mass is 507 g/mol. The summed E-state index contributed by atoms with van der Waals surface area (Å²) in [5.41, 5.74) is 0.0253. The van der Waals surface area contributed by atoms with Crippen molar-refractivity contribution in [2.45, 2.75) is 27.3 Å². The molecule has 0 bridgehead atoms. The number of anilines is 1. The predicted molar refractivity (Wildman–Crippen MR) is 136 cm³/mol. The van der Waals surface area contributed by atoms with E-state index < -0.39 is 22.7 Å². The van der Waals surface area contributed by atoms with Crippen LogP contribution in [0.2, 0.25) is 5.02 Å². The number of halogens is 2. The number of fused-ring (bicyclic) bond motifs is 1. The van der Waals surface area contributed by atoms with Gasteiger partial charge in [0.25, 0.3) is 11.5 Å². The number of hydrogen-bond donors (Lipinski definition) is 2. The van der Waals surface area contributed by atoms with E-state index in [1.807, 2.05) is 0 Å². The lowest BCUT2D eigenvalue weighted by Gasteiger charge is -2.17. The highest BCUT2D eigenvalue weighted by molar-refractivity contribution is 6.34. The topological polar surface area (TPSA) is 106 Å². The van der Waals surface area contributed by atoms with Gasteiger partial charge in [0, 0.05) is 16.5 Å². The van der Waals surface area contributed by atoms with Gasteiger partial charge in [0.1, 0.15) is 11.5 Å². The quantitative estimate of drug-likeness (QED) is 0.414. The fraction of sp³-hybridized carbons (Fsp3) is 0.192.